The minimum absolute atomic E-state index is 0.0740. The average Bonchev–Trinajstić information content (AvgIpc) is 2.04. The van der Waals surface area contributed by atoms with Crippen LogP contribution in [-0.4, -0.2) is 12.5 Å². The van der Waals surface area contributed by atoms with Gasteiger partial charge in [-0.2, -0.15) is 0 Å². The molecule has 0 saturated carbocycles. The van der Waals surface area contributed by atoms with Crippen molar-refractivity contribution in [3.8, 4) is 5.75 Å². The molecular formula is C8H7NO2S. The molecule has 0 atom stereocenters. The molecule has 1 amide bonds. The maximum atomic E-state index is 10.9. The number of carbonyl (C=O) groups is 1. The molecule has 3 nitrogen and oxygen atoms in total. The smallest absolute Gasteiger partial charge is 0.262 e. The molecule has 1 aromatic rings. The molecule has 0 unspecified atom stereocenters. The first-order valence-electron chi connectivity index (χ1n) is 3.52. The summed E-state index contributed by atoms with van der Waals surface area (Å²) in [5.74, 6) is 0.530. The lowest BCUT2D eigenvalue weighted by atomic mass is 10.2. The lowest BCUT2D eigenvalue weighted by molar-refractivity contribution is -0.118. The van der Waals surface area contributed by atoms with Crippen LogP contribution in [0, 0.1) is 0 Å². The maximum absolute atomic E-state index is 10.9. The number of benzene rings is 1. The highest BCUT2D eigenvalue weighted by molar-refractivity contribution is 7.80. The van der Waals surface area contributed by atoms with Crippen LogP contribution >= 0.6 is 12.6 Å². The predicted octanol–water partition coefficient (Wildman–Crippen LogP) is 1.31. The Morgan fingerprint density at radius 1 is 1.50 bits per heavy atom. The van der Waals surface area contributed by atoms with E-state index in [1.165, 1.54) is 0 Å². The van der Waals surface area contributed by atoms with E-state index in [4.69, 9.17) is 4.74 Å². The first-order chi connectivity index (χ1) is 5.77. The van der Waals surface area contributed by atoms with Crippen molar-refractivity contribution in [2.75, 3.05) is 11.9 Å². The summed E-state index contributed by atoms with van der Waals surface area (Å²) in [5, 5.41) is 2.69. The van der Waals surface area contributed by atoms with Crippen molar-refractivity contribution < 1.29 is 9.53 Å². The van der Waals surface area contributed by atoms with Crippen molar-refractivity contribution in [3.05, 3.63) is 18.2 Å². The molecule has 1 aliphatic rings. The fraction of sp³-hybridized carbons (Fsp3) is 0.125. The van der Waals surface area contributed by atoms with Crippen LogP contribution in [-0.2, 0) is 4.79 Å². The Balaban J connectivity index is 2.48. The number of ether oxygens (including phenoxy) is 1. The number of carbonyl (C=O) groups excluding carboxylic acids is 1. The predicted molar refractivity (Wildman–Crippen MR) is 47.8 cm³/mol. The monoisotopic (exact) mass is 181 g/mol. The first-order valence-corrected chi connectivity index (χ1v) is 3.97. The van der Waals surface area contributed by atoms with Crippen molar-refractivity contribution >= 4 is 24.2 Å². The number of nitrogens with one attached hydrogen (secondary N) is 1. The van der Waals surface area contributed by atoms with E-state index in [2.05, 4.69) is 17.9 Å². The minimum atomic E-state index is -0.124. The third-order valence-corrected chi connectivity index (χ3v) is 1.97. The lowest BCUT2D eigenvalue weighted by Gasteiger charge is -2.18. The Labute approximate surface area is 75.1 Å². The molecule has 0 radical (unpaired) electrons. The average molecular weight is 181 g/mol. The molecule has 0 spiro atoms. The summed E-state index contributed by atoms with van der Waals surface area (Å²) in [6.07, 6.45) is 0. The quantitative estimate of drug-likeness (QED) is 0.592. The van der Waals surface area contributed by atoms with E-state index >= 15 is 0 Å². The summed E-state index contributed by atoms with van der Waals surface area (Å²) in [6.45, 7) is 0.0740. The molecule has 4 heteroatoms. The first kappa shape index (κ1) is 7.49. The number of rotatable bonds is 0. The number of anilines is 1. The van der Waals surface area contributed by atoms with Crippen molar-refractivity contribution in [1.29, 1.82) is 0 Å². The van der Waals surface area contributed by atoms with Crippen molar-refractivity contribution in [3.63, 3.8) is 0 Å². The van der Waals surface area contributed by atoms with Crippen LogP contribution in [0.25, 0.3) is 0 Å². The molecule has 0 aromatic heterocycles. The van der Waals surface area contributed by atoms with Gasteiger partial charge in [-0.15, -0.1) is 12.6 Å². The second kappa shape index (κ2) is 2.71. The summed E-state index contributed by atoms with van der Waals surface area (Å²) in [5.41, 5.74) is 0.693. The fourth-order valence-electron chi connectivity index (χ4n) is 1.10. The van der Waals surface area contributed by atoms with Gasteiger partial charge in [-0.1, -0.05) is 6.07 Å². The van der Waals surface area contributed by atoms with E-state index < -0.39 is 0 Å². The van der Waals surface area contributed by atoms with Gasteiger partial charge in [-0.05, 0) is 12.1 Å². The van der Waals surface area contributed by atoms with E-state index in [0.717, 1.165) is 4.90 Å². The SMILES string of the molecule is O=C1COc2c(S)cccc2N1. The number of fused-ring (bicyclic) bond motifs is 1. The minimum Gasteiger partial charge on any atom is -0.480 e. The highest BCUT2D eigenvalue weighted by Crippen LogP contribution is 2.33. The van der Waals surface area contributed by atoms with Gasteiger partial charge in [0.25, 0.3) is 5.91 Å². The summed E-state index contributed by atoms with van der Waals surface area (Å²) in [4.78, 5) is 11.6. The second-order valence-corrected chi connectivity index (χ2v) is 2.97. The number of thiol groups is 1. The number of hydrogen-bond acceptors (Lipinski definition) is 3. The highest BCUT2D eigenvalue weighted by atomic mass is 32.1. The molecule has 0 aliphatic carbocycles. The van der Waals surface area contributed by atoms with Gasteiger partial charge in [0.05, 0.1) is 5.69 Å². The van der Waals surface area contributed by atoms with E-state index in [1.807, 2.05) is 12.1 Å². The van der Waals surface area contributed by atoms with Crippen LogP contribution in [0.1, 0.15) is 0 Å². The number of para-hydroxylation sites is 1. The molecule has 62 valence electrons. The Hall–Kier alpha value is -1.16. The number of hydrogen-bond donors (Lipinski definition) is 2. The zero-order valence-electron chi connectivity index (χ0n) is 6.20. The molecule has 1 N–H and O–H groups in total. The molecule has 0 saturated heterocycles. The van der Waals surface area contributed by atoms with Crippen LogP contribution < -0.4 is 10.1 Å². The Bertz CT molecular complexity index is 338. The zero-order valence-corrected chi connectivity index (χ0v) is 7.10. The normalized spacial score (nSPS) is 14.6. The van der Waals surface area contributed by atoms with Crippen LogP contribution in [0.4, 0.5) is 5.69 Å². The van der Waals surface area contributed by atoms with Gasteiger partial charge >= 0.3 is 0 Å². The Morgan fingerprint density at radius 2 is 2.33 bits per heavy atom. The zero-order chi connectivity index (χ0) is 8.55. The summed E-state index contributed by atoms with van der Waals surface area (Å²) >= 11 is 4.19. The van der Waals surface area contributed by atoms with Gasteiger partial charge in [0.1, 0.15) is 0 Å². The third-order valence-electron chi connectivity index (χ3n) is 1.62. The van der Waals surface area contributed by atoms with Crippen LogP contribution in [0.5, 0.6) is 5.75 Å². The van der Waals surface area contributed by atoms with E-state index in [-0.39, 0.29) is 12.5 Å². The van der Waals surface area contributed by atoms with Crippen molar-refractivity contribution in [1.82, 2.24) is 0 Å². The van der Waals surface area contributed by atoms with Gasteiger partial charge in [-0.3, -0.25) is 4.79 Å². The van der Waals surface area contributed by atoms with Gasteiger partial charge in [-0.25, -0.2) is 0 Å². The van der Waals surface area contributed by atoms with Gasteiger partial charge in [0.2, 0.25) is 0 Å². The van der Waals surface area contributed by atoms with Gasteiger partial charge in [0.15, 0.2) is 12.4 Å². The summed E-state index contributed by atoms with van der Waals surface area (Å²) in [7, 11) is 0. The topological polar surface area (TPSA) is 38.3 Å². The molecule has 0 bridgehead atoms. The maximum Gasteiger partial charge on any atom is 0.262 e. The molecule has 2 rings (SSSR count). The van der Waals surface area contributed by atoms with Crippen molar-refractivity contribution in [2.45, 2.75) is 4.90 Å². The van der Waals surface area contributed by atoms with Gasteiger partial charge < -0.3 is 10.1 Å². The fourth-order valence-corrected chi connectivity index (χ4v) is 1.37. The lowest BCUT2D eigenvalue weighted by Crippen LogP contribution is -2.25. The van der Waals surface area contributed by atoms with Crippen LogP contribution in [0.15, 0.2) is 23.1 Å². The summed E-state index contributed by atoms with van der Waals surface area (Å²) in [6, 6.07) is 5.42. The Kier molecular flexibility index (Phi) is 1.69. The highest BCUT2D eigenvalue weighted by Gasteiger charge is 2.16. The van der Waals surface area contributed by atoms with Crippen LogP contribution in [0.2, 0.25) is 0 Å². The largest absolute Gasteiger partial charge is 0.480 e. The molecule has 1 aliphatic heterocycles. The molecule has 1 aromatic carbocycles. The third kappa shape index (κ3) is 1.14. The molecule has 12 heavy (non-hydrogen) atoms. The standard InChI is InChI=1S/C8H7NO2S/c10-7-4-11-8-5(9-7)2-1-3-6(8)12/h1-3,12H,4H2,(H,9,10). The number of amides is 1. The molecular weight excluding hydrogens is 174 g/mol. The van der Waals surface area contributed by atoms with Crippen LogP contribution in [0.3, 0.4) is 0 Å². The van der Waals surface area contributed by atoms with E-state index in [9.17, 15) is 4.79 Å². The second-order valence-electron chi connectivity index (χ2n) is 2.49. The molecule has 1 heterocycles. The molecule has 0 fully saturated rings. The van der Waals surface area contributed by atoms with Crippen molar-refractivity contribution in [2.24, 2.45) is 0 Å². The summed E-state index contributed by atoms with van der Waals surface area (Å²) < 4.78 is 5.18. The van der Waals surface area contributed by atoms with Gasteiger partial charge in [0, 0.05) is 4.90 Å². The Morgan fingerprint density at radius 3 is 3.17 bits per heavy atom. The van der Waals surface area contributed by atoms with E-state index in [1.54, 1.807) is 6.07 Å². The van der Waals surface area contributed by atoms with E-state index in [0.29, 0.717) is 11.4 Å².